The van der Waals surface area contributed by atoms with Crippen molar-refractivity contribution in [2.24, 2.45) is 5.92 Å². The first kappa shape index (κ1) is 14.5. The lowest BCUT2D eigenvalue weighted by atomic mass is 9.97. The average molecular weight is 279 g/mol. The molecule has 0 unspecified atom stereocenters. The topological polar surface area (TPSA) is 46.6 Å². The van der Waals surface area contributed by atoms with Crippen molar-refractivity contribution in [2.75, 3.05) is 19.7 Å². The van der Waals surface area contributed by atoms with E-state index >= 15 is 0 Å². The van der Waals surface area contributed by atoms with Crippen molar-refractivity contribution in [2.45, 2.75) is 19.8 Å². The van der Waals surface area contributed by atoms with E-state index in [-0.39, 0.29) is 23.6 Å². The standard InChI is InChI=1S/C15H18FNO3/c1-2-20-15(19)12-4-3-9-17(10-12)14(18)11-5-7-13(16)8-6-11/h5-8,12H,2-4,9-10H2,1H3/t12-/m1/s1. The lowest BCUT2D eigenvalue weighted by Gasteiger charge is -2.31. The quantitative estimate of drug-likeness (QED) is 0.797. The van der Waals surface area contributed by atoms with E-state index in [1.54, 1.807) is 11.8 Å². The van der Waals surface area contributed by atoms with Gasteiger partial charge in [0.15, 0.2) is 0 Å². The van der Waals surface area contributed by atoms with E-state index in [2.05, 4.69) is 0 Å². The summed E-state index contributed by atoms with van der Waals surface area (Å²) in [6.45, 7) is 3.10. The molecule has 0 spiro atoms. The minimum absolute atomic E-state index is 0.168. The molecule has 1 aromatic carbocycles. The number of likely N-dealkylation sites (tertiary alicyclic amines) is 1. The van der Waals surface area contributed by atoms with Gasteiger partial charge < -0.3 is 9.64 Å². The van der Waals surface area contributed by atoms with Crippen LogP contribution < -0.4 is 0 Å². The van der Waals surface area contributed by atoms with Gasteiger partial charge in [-0.25, -0.2) is 4.39 Å². The van der Waals surface area contributed by atoms with Crippen molar-refractivity contribution in [3.05, 3.63) is 35.6 Å². The molecule has 1 fully saturated rings. The number of carbonyl (C=O) groups is 2. The molecule has 4 nitrogen and oxygen atoms in total. The van der Waals surface area contributed by atoms with Gasteiger partial charge in [0, 0.05) is 18.7 Å². The van der Waals surface area contributed by atoms with Crippen molar-refractivity contribution < 1.29 is 18.7 Å². The van der Waals surface area contributed by atoms with Gasteiger partial charge in [-0.05, 0) is 44.0 Å². The van der Waals surface area contributed by atoms with Gasteiger partial charge >= 0.3 is 5.97 Å². The molecule has 1 saturated heterocycles. The van der Waals surface area contributed by atoms with Crippen molar-refractivity contribution in [3.63, 3.8) is 0 Å². The molecule has 0 N–H and O–H groups in total. The molecule has 1 atom stereocenters. The van der Waals surface area contributed by atoms with Crippen LogP contribution >= 0.6 is 0 Å². The van der Waals surface area contributed by atoms with Gasteiger partial charge in [0.05, 0.1) is 12.5 Å². The first-order chi connectivity index (χ1) is 9.61. The minimum Gasteiger partial charge on any atom is -0.466 e. The summed E-state index contributed by atoms with van der Waals surface area (Å²) >= 11 is 0. The molecule has 1 aliphatic rings. The van der Waals surface area contributed by atoms with Gasteiger partial charge in [-0.3, -0.25) is 9.59 Å². The molecule has 1 aromatic rings. The number of esters is 1. The Labute approximate surface area is 117 Å². The van der Waals surface area contributed by atoms with Crippen LogP contribution in [0.5, 0.6) is 0 Å². The lowest BCUT2D eigenvalue weighted by molar-refractivity contribution is -0.149. The van der Waals surface area contributed by atoms with Crippen LogP contribution in [-0.2, 0) is 9.53 Å². The molecule has 1 aliphatic heterocycles. The molecule has 0 radical (unpaired) electrons. The van der Waals surface area contributed by atoms with Crippen LogP contribution in [0.4, 0.5) is 4.39 Å². The summed E-state index contributed by atoms with van der Waals surface area (Å²) in [5.74, 6) is -1.04. The fourth-order valence-electron chi connectivity index (χ4n) is 2.39. The van der Waals surface area contributed by atoms with E-state index in [1.165, 1.54) is 24.3 Å². The normalized spacial score (nSPS) is 18.7. The van der Waals surface area contributed by atoms with Gasteiger partial charge in [0.1, 0.15) is 5.82 Å². The molecule has 0 aromatic heterocycles. The number of halogens is 1. The summed E-state index contributed by atoms with van der Waals surface area (Å²) in [7, 11) is 0. The lowest BCUT2D eigenvalue weighted by Crippen LogP contribution is -2.42. The van der Waals surface area contributed by atoms with E-state index in [4.69, 9.17) is 4.74 Å². The smallest absolute Gasteiger partial charge is 0.310 e. The average Bonchev–Trinajstić information content (AvgIpc) is 2.48. The Morgan fingerprint density at radius 1 is 1.35 bits per heavy atom. The number of nitrogens with zero attached hydrogens (tertiary/aromatic N) is 1. The Morgan fingerprint density at radius 3 is 2.70 bits per heavy atom. The molecular weight excluding hydrogens is 261 g/mol. The van der Waals surface area contributed by atoms with E-state index in [1.807, 2.05) is 0 Å². The van der Waals surface area contributed by atoms with Crippen LogP contribution in [0, 0.1) is 11.7 Å². The second kappa shape index (κ2) is 6.50. The fourth-order valence-corrected chi connectivity index (χ4v) is 2.39. The molecule has 5 heteroatoms. The minimum atomic E-state index is -0.371. The first-order valence-electron chi connectivity index (χ1n) is 6.83. The second-order valence-corrected chi connectivity index (χ2v) is 4.85. The zero-order valence-electron chi connectivity index (χ0n) is 11.5. The molecule has 2 rings (SSSR count). The molecule has 0 saturated carbocycles. The fraction of sp³-hybridized carbons (Fsp3) is 0.467. The Kier molecular flexibility index (Phi) is 4.71. The van der Waals surface area contributed by atoms with Crippen LogP contribution in [0.25, 0.3) is 0 Å². The Bertz CT molecular complexity index is 486. The maximum atomic E-state index is 12.9. The number of rotatable bonds is 3. The Morgan fingerprint density at radius 2 is 2.05 bits per heavy atom. The second-order valence-electron chi connectivity index (χ2n) is 4.85. The van der Waals surface area contributed by atoms with E-state index in [0.717, 1.165) is 12.8 Å². The molecule has 20 heavy (non-hydrogen) atoms. The monoisotopic (exact) mass is 279 g/mol. The summed E-state index contributed by atoms with van der Waals surface area (Å²) in [6, 6.07) is 5.46. The van der Waals surface area contributed by atoms with Gasteiger partial charge in [-0.2, -0.15) is 0 Å². The maximum absolute atomic E-state index is 12.9. The highest BCUT2D eigenvalue weighted by atomic mass is 19.1. The highest BCUT2D eigenvalue weighted by Gasteiger charge is 2.29. The van der Waals surface area contributed by atoms with Gasteiger partial charge in [0.2, 0.25) is 0 Å². The zero-order chi connectivity index (χ0) is 14.5. The van der Waals surface area contributed by atoms with E-state index in [9.17, 15) is 14.0 Å². The number of benzene rings is 1. The Balaban J connectivity index is 2.03. The number of carbonyl (C=O) groups excluding carboxylic acids is 2. The van der Waals surface area contributed by atoms with Crippen LogP contribution in [-0.4, -0.2) is 36.5 Å². The summed E-state index contributed by atoms with van der Waals surface area (Å²) in [5.41, 5.74) is 0.441. The van der Waals surface area contributed by atoms with Gasteiger partial charge in [0.25, 0.3) is 5.91 Å². The predicted octanol–water partition coefficient (Wildman–Crippen LogP) is 2.24. The third kappa shape index (κ3) is 3.35. The molecule has 108 valence electrons. The van der Waals surface area contributed by atoms with Crippen molar-refractivity contribution in [1.82, 2.24) is 4.90 Å². The SMILES string of the molecule is CCOC(=O)[C@@H]1CCCN(C(=O)c2ccc(F)cc2)C1. The summed E-state index contributed by atoms with van der Waals surface area (Å²) in [4.78, 5) is 25.7. The van der Waals surface area contributed by atoms with Gasteiger partial charge in [-0.1, -0.05) is 0 Å². The van der Waals surface area contributed by atoms with Crippen LogP contribution in [0.2, 0.25) is 0 Å². The predicted molar refractivity (Wildman–Crippen MR) is 71.7 cm³/mol. The number of piperidine rings is 1. The number of hydrogen-bond acceptors (Lipinski definition) is 3. The van der Waals surface area contributed by atoms with Crippen LogP contribution in [0.3, 0.4) is 0 Å². The van der Waals surface area contributed by atoms with E-state index < -0.39 is 0 Å². The summed E-state index contributed by atoms with van der Waals surface area (Å²) in [5, 5.41) is 0. The molecule has 0 aliphatic carbocycles. The number of amides is 1. The highest BCUT2D eigenvalue weighted by Crippen LogP contribution is 2.20. The van der Waals surface area contributed by atoms with Crippen molar-refractivity contribution >= 4 is 11.9 Å². The van der Waals surface area contributed by atoms with Gasteiger partial charge in [-0.15, -0.1) is 0 Å². The zero-order valence-corrected chi connectivity index (χ0v) is 11.5. The molecule has 0 bridgehead atoms. The Hall–Kier alpha value is -1.91. The highest BCUT2D eigenvalue weighted by molar-refractivity contribution is 5.94. The number of hydrogen-bond donors (Lipinski definition) is 0. The third-order valence-electron chi connectivity index (χ3n) is 3.42. The molecule has 1 amide bonds. The largest absolute Gasteiger partial charge is 0.466 e. The first-order valence-corrected chi connectivity index (χ1v) is 6.83. The van der Waals surface area contributed by atoms with Crippen LogP contribution in [0.1, 0.15) is 30.1 Å². The summed E-state index contributed by atoms with van der Waals surface area (Å²) in [6.07, 6.45) is 1.52. The van der Waals surface area contributed by atoms with Crippen molar-refractivity contribution in [3.8, 4) is 0 Å². The van der Waals surface area contributed by atoms with E-state index in [0.29, 0.717) is 25.3 Å². The van der Waals surface area contributed by atoms with Crippen molar-refractivity contribution in [1.29, 1.82) is 0 Å². The summed E-state index contributed by atoms with van der Waals surface area (Å²) < 4.78 is 17.9. The maximum Gasteiger partial charge on any atom is 0.310 e. The van der Waals surface area contributed by atoms with Crippen LogP contribution in [0.15, 0.2) is 24.3 Å². The number of ether oxygens (including phenoxy) is 1. The third-order valence-corrected chi connectivity index (χ3v) is 3.42. The molecular formula is C15H18FNO3. The molecule has 1 heterocycles.